The zero-order valence-corrected chi connectivity index (χ0v) is 10.9. The number of halogens is 2. The molecule has 0 saturated heterocycles. The first-order chi connectivity index (χ1) is 7.41. The van der Waals surface area contributed by atoms with Gasteiger partial charge in [-0.25, -0.2) is 4.79 Å². The predicted octanol–water partition coefficient (Wildman–Crippen LogP) is 3.22. The fraction of sp³-hybridized carbons (Fsp3) is 0. The molecule has 0 atom stereocenters. The van der Waals surface area contributed by atoms with E-state index in [0.29, 0.717) is 14.5 Å². The zero-order valence-electron chi connectivity index (χ0n) is 7.68. The molecule has 1 N–H and O–H groups in total. The van der Waals surface area contributed by atoms with Crippen LogP contribution < -0.4 is 0 Å². The van der Waals surface area contributed by atoms with Crippen molar-refractivity contribution in [3.63, 3.8) is 0 Å². The van der Waals surface area contributed by atoms with Gasteiger partial charge in [0.2, 0.25) is 0 Å². The number of hydrogen-bond acceptors (Lipinski definition) is 3. The summed E-state index contributed by atoms with van der Waals surface area (Å²) in [6.45, 7) is 0. The lowest BCUT2D eigenvalue weighted by Gasteiger charge is -2.01. The van der Waals surface area contributed by atoms with E-state index in [2.05, 4.69) is 31.9 Å². The Bertz CT molecular complexity index is 485. The van der Waals surface area contributed by atoms with Crippen molar-refractivity contribution in [2.24, 2.45) is 0 Å². The summed E-state index contributed by atoms with van der Waals surface area (Å²) in [5, 5.41) is 19.0. The molecule has 0 aromatic heterocycles. The minimum Gasteiger partial charge on any atom is -0.478 e. The van der Waals surface area contributed by atoms with Crippen molar-refractivity contribution in [1.29, 1.82) is 0 Å². The van der Waals surface area contributed by atoms with Crippen molar-refractivity contribution in [3.05, 3.63) is 42.8 Å². The van der Waals surface area contributed by atoms with Gasteiger partial charge in [-0.1, -0.05) is 0 Å². The first kappa shape index (κ1) is 12.9. The Hall–Kier alpha value is -1.21. The lowest BCUT2D eigenvalue weighted by atomic mass is 10.2. The molecule has 0 unspecified atom stereocenters. The number of non-ortho nitro benzene ring substituents is 1. The standard InChI is InChI=1S/C9H5Br2NO4/c10-7-4-6(12(15)16)3-5(9(7)11)1-2-8(13)14/h1-4H,(H,13,14)/b2-1+. The number of carbonyl (C=O) groups is 1. The Balaban J connectivity index is 3.27. The van der Waals surface area contributed by atoms with Crippen LogP contribution in [0.15, 0.2) is 27.2 Å². The highest BCUT2D eigenvalue weighted by Crippen LogP contribution is 2.32. The normalized spacial score (nSPS) is 10.6. The first-order valence-corrected chi connectivity index (χ1v) is 5.55. The van der Waals surface area contributed by atoms with Gasteiger partial charge in [0.25, 0.3) is 5.69 Å². The molecule has 0 spiro atoms. The number of hydrogen-bond donors (Lipinski definition) is 1. The molecule has 1 aromatic rings. The van der Waals surface area contributed by atoms with Gasteiger partial charge in [0, 0.05) is 27.2 Å². The summed E-state index contributed by atoms with van der Waals surface area (Å²) in [6, 6.07) is 2.62. The molecule has 0 aliphatic rings. The van der Waals surface area contributed by atoms with Crippen LogP contribution in [0, 0.1) is 10.1 Å². The second kappa shape index (κ2) is 5.22. The van der Waals surface area contributed by atoms with E-state index in [0.717, 1.165) is 6.08 Å². The summed E-state index contributed by atoms with van der Waals surface area (Å²) in [4.78, 5) is 20.4. The van der Waals surface area contributed by atoms with Crippen LogP contribution in [0.2, 0.25) is 0 Å². The third kappa shape index (κ3) is 3.14. The van der Waals surface area contributed by atoms with E-state index in [1.54, 1.807) is 0 Å². The molecule has 1 rings (SSSR count). The van der Waals surface area contributed by atoms with Gasteiger partial charge < -0.3 is 5.11 Å². The zero-order chi connectivity index (χ0) is 12.3. The lowest BCUT2D eigenvalue weighted by Crippen LogP contribution is -1.91. The van der Waals surface area contributed by atoms with Crippen LogP contribution in [0.5, 0.6) is 0 Å². The number of carboxylic acids is 1. The van der Waals surface area contributed by atoms with Crippen LogP contribution >= 0.6 is 31.9 Å². The van der Waals surface area contributed by atoms with Gasteiger partial charge in [0.15, 0.2) is 0 Å². The van der Waals surface area contributed by atoms with Crippen LogP contribution in [0.1, 0.15) is 5.56 Å². The maximum absolute atomic E-state index is 10.6. The molecule has 0 fully saturated rings. The van der Waals surface area contributed by atoms with Crippen molar-refractivity contribution >= 4 is 49.6 Å². The maximum atomic E-state index is 10.6. The summed E-state index contributed by atoms with van der Waals surface area (Å²) in [5.41, 5.74) is 0.309. The van der Waals surface area contributed by atoms with Crippen molar-refractivity contribution in [2.75, 3.05) is 0 Å². The molecule has 0 radical (unpaired) electrons. The minimum atomic E-state index is -1.12. The third-order valence-electron chi connectivity index (χ3n) is 1.66. The SMILES string of the molecule is O=C(O)/C=C/c1cc([N+](=O)[O-])cc(Br)c1Br. The Morgan fingerprint density at radius 2 is 2.06 bits per heavy atom. The number of rotatable bonds is 3. The molecule has 0 aliphatic heterocycles. The number of carboxylic acid groups (broad SMARTS) is 1. The van der Waals surface area contributed by atoms with Crippen LogP contribution in [0.4, 0.5) is 5.69 Å². The Labute approximate surface area is 107 Å². The van der Waals surface area contributed by atoms with Gasteiger partial charge in [-0.05, 0) is 43.5 Å². The topological polar surface area (TPSA) is 80.4 Å². The number of aliphatic carboxylic acids is 1. The number of benzene rings is 1. The van der Waals surface area contributed by atoms with Crippen molar-refractivity contribution in [3.8, 4) is 0 Å². The molecular weight excluding hydrogens is 346 g/mol. The molecule has 16 heavy (non-hydrogen) atoms. The Morgan fingerprint density at radius 1 is 1.44 bits per heavy atom. The number of nitrogens with zero attached hydrogens (tertiary/aromatic N) is 1. The summed E-state index contributed by atoms with van der Waals surface area (Å²) in [5.74, 6) is -1.12. The highest BCUT2D eigenvalue weighted by Gasteiger charge is 2.12. The average molecular weight is 351 g/mol. The molecule has 84 valence electrons. The average Bonchev–Trinajstić information content (AvgIpc) is 2.19. The van der Waals surface area contributed by atoms with E-state index in [1.807, 2.05) is 0 Å². The van der Waals surface area contributed by atoms with Crippen molar-refractivity contribution < 1.29 is 14.8 Å². The Kier molecular flexibility index (Phi) is 4.19. The molecule has 5 nitrogen and oxygen atoms in total. The summed E-state index contributed by atoms with van der Waals surface area (Å²) in [7, 11) is 0. The minimum absolute atomic E-state index is 0.111. The lowest BCUT2D eigenvalue weighted by molar-refractivity contribution is -0.385. The predicted molar refractivity (Wildman–Crippen MR) is 65.2 cm³/mol. The van der Waals surface area contributed by atoms with E-state index in [4.69, 9.17) is 5.11 Å². The van der Waals surface area contributed by atoms with Crippen LogP contribution in [-0.2, 0) is 4.79 Å². The first-order valence-electron chi connectivity index (χ1n) is 3.96. The monoisotopic (exact) mass is 349 g/mol. The van der Waals surface area contributed by atoms with E-state index in [-0.39, 0.29) is 5.69 Å². The smallest absolute Gasteiger partial charge is 0.328 e. The molecule has 0 bridgehead atoms. The quantitative estimate of drug-likeness (QED) is 0.515. The van der Waals surface area contributed by atoms with Crippen LogP contribution in [0.25, 0.3) is 6.08 Å². The van der Waals surface area contributed by atoms with E-state index >= 15 is 0 Å². The molecule has 0 saturated carbocycles. The van der Waals surface area contributed by atoms with Crippen molar-refractivity contribution in [2.45, 2.75) is 0 Å². The van der Waals surface area contributed by atoms with Crippen molar-refractivity contribution in [1.82, 2.24) is 0 Å². The van der Waals surface area contributed by atoms with Crippen LogP contribution in [0.3, 0.4) is 0 Å². The fourth-order valence-corrected chi connectivity index (χ4v) is 1.81. The highest BCUT2D eigenvalue weighted by atomic mass is 79.9. The Morgan fingerprint density at radius 3 is 2.56 bits per heavy atom. The van der Waals surface area contributed by atoms with Crippen LogP contribution in [-0.4, -0.2) is 16.0 Å². The molecule has 0 aliphatic carbocycles. The van der Waals surface area contributed by atoms with Gasteiger partial charge in [-0.3, -0.25) is 10.1 Å². The summed E-state index contributed by atoms with van der Waals surface area (Å²) >= 11 is 6.34. The molecular formula is C9H5Br2NO4. The second-order valence-electron chi connectivity index (χ2n) is 2.76. The molecule has 0 heterocycles. The van der Waals surface area contributed by atoms with Gasteiger partial charge in [-0.15, -0.1) is 0 Å². The largest absolute Gasteiger partial charge is 0.478 e. The van der Waals surface area contributed by atoms with Gasteiger partial charge in [-0.2, -0.15) is 0 Å². The summed E-state index contributed by atoms with van der Waals surface area (Å²) in [6.07, 6.45) is 2.19. The maximum Gasteiger partial charge on any atom is 0.328 e. The van der Waals surface area contributed by atoms with Gasteiger partial charge in [0.05, 0.1) is 4.92 Å². The molecule has 0 amide bonds. The number of nitro groups is 1. The second-order valence-corrected chi connectivity index (χ2v) is 4.41. The van der Waals surface area contributed by atoms with Gasteiger partial charge >= 0.3 is 5.97 Å². The summed E-state index contributed by atoms with van der Waals surface area (Å²) < 4.78 is 1.06. The molecule has 7 heteroatoms. The van der Waals surface area contributed by atoms with E-state index in [9.17, 15) is 14.9 Å². The molecule has 1 aromatic carbocycles. The third-order valence-corrected chi connectivity index (χ3v) is 3.70. The highest BCUT2D eigenvalue weighted by molar-refractivity contribution is 9.13. The van der Waals surface area contributed by atoms with Gasteiger partial charge in [0.1, 0.15) is 0 Å². The van der Waals surface area contributed by atoms with E-state index < -0.39 is 10.9 Å². The number of nitro benzene ring substituents is 1. The fourth-order valence-electron chi connectivity index (χ4n) is 0.983. The van der Waals surface area contributed by atoms with E-state index in [1.165, 1.54) is 18.2 Å².